The van der Waals surface area contributed by atoms with Gasteiger partial charge in [0.1, 0.15) is 10.1 Å². The van der Waals surface area contributed by atoms with Crippen molar-refractivity contribution in [3.05, 3.63) is 89.5 Å². The van der Waals surface area contributed by atoms with E-state index in [-0.39, 0.29) is 40.0 Å². The second kappa shape index (κ2) is 9.07. The summed E-state index contributed by atoms with van der Waals surface area (Å²) < 4.78 is 37.4. The van der Waals surface area contributed by atoms with Gasteiger partial charge in [-0.1, -0.05) is 30.3 Å². The Morgan fingerprint density at radius 1 is 0.657 bits per heavy atom. The van der Waals surface area contributed by atoms with E-state index in [4.69, 9.17) is 0 Å². The van der Waals surface area contributed by atoms with Crippen LogP contribution in [0, 0.1) is 0 Å². The van der Waals surface area contributed by atoms with Gasteiger partial charge in [-0.05, 0) is 66.3 Å². The van der Waals surface area contributed by atoms with Gasteiger partial charge in [0.25, 0.3) is 0 Å². The Hall–Kier alpha value is -3.27. The molecule has 6 rings (SSSR count). The summed E-state index contributed by atoms with van der Waals surface area (Å²) >= 11 is 0. The second-order valence-electron chi connectivity index (χ2n) is 8.01. The number of H-pyrrole nitrogens is 2. The van der Waals surface area contributed by atoms with Crippen molar-refractivity contribution in [2.24, 2.45) is 0 Å². The molecule has 0 aliphatic carbocycles. The molecule has 35 heavy (non-hydrogen) atoms. The number of hydrogen-bond acceptors (Lipinski definition) is 5. The third-order valence-electron chi connectivity index (χ3n) is 5.61. The quantitative estimate of drug-likeness (QED) is 0.287. The zero-order chi connectivity index (χ0) is 23.3. The smallest absolute Gasteiger partial charge is 0.744 e. The largest absolute Gasteiger partial charge is 1.00 e. The molecule has 2 aliphatic heterocycles. The van der Waals surface area contributed by atoms with Gasteiger partial charge in [0.15, 0.2) is 0 Å². The molecule has 0 radical (unpaired) electrons. The third kappa shape index (κ3) is 4.67. The first-order chi connectivity index (χ1) is 16.4. The molecule has 0 unspecified atom stereocenters. The van der Waals surface area contributed by atoms with E-state index in [1.165, 1.54) is 0 Å². The van der Waals surface area contributed by atoms with Gasteiger partial charge < -0.3 is 14.5 Å². The minimum absolute atomic E-state index is 0. The topological polar surface area (TPSA) is 115 Å². The van der Waals surface area contributed by atoms with E-state index >= 15 is 0 Å². The predicted molar refractivity (Wildman–Crippen MR) is 132 cm³/mol. The van der Waals surface area contributed by atoms with Crippen molar-refractivity contribution in [2.75, 3.05) is 0 Å². The minimum Gasteiger partial charge on any atom is -0.744 e. The van der Waals surface area contributed by atoms with Crippen molar-refractivity contribution < 1.29 is 42.5 Å². The van der Waals surface area contributed by atoms with E-state index in [2.05, 4.69) is 19.9 Å². The van der Waals surface area contributed by atoms with Crippen LogP contribution in [0.25, 0.3) is 57.5 Å². The maximum Gasteiger partial charge on any atom is 1.00 e. The number of fused-ring (bicyclic) bond motifs is 8. The van der Waals surface area contributed by atoms with Crippen LogP contribution in [-0.2, 0) is 10.1 Å². The maximum atomic E-state index is 12.5. The average molecular weight is 489 g/mol. The summed E-state index contributed by atoms with van der Waals surface area (Å²) in [5.41, 5.74) is 5.95. The van der Waals surface area contributed by atoms with Crippen molar-refractivity contribution in [3.63, 3.8) is 0 Å². The first-order valence-corrected chi connectivity index (χ1v) is 12.0. The first-order valence-electron chi connectivity index (χ1n) is 10.6. The Morgan fingerprint density at radius 2 is 1.17 bits per heavy atom. The van der Waals surface area contributed by atoms with Gasteiger partial charge in [0, 0.05) is 22.1 Å². The zero-order valence-electron chi connectivity index (χ0n) is 18.7. The molecule has 0 saturated carbocycles. The van der Waals surface area contributed by atoms with E-state index in [0.29, 0.717) is 33.7 Å². The molecular weight excluding hydrogens is 471 g/mol. The molecule has 3 aromatic heterocycles. The maximum absolute atomic E-state index is 12.5. The molecule has 0 atom stereocenters. The average Bonchev–Trinajstić information content (AvgIpc) is 3.58. The first kappa shape index (κ1) is 23.5. The van der Waals surface area contributed by atoms with Crippen molar-refractivity contribution in [1.29, 1.82) is 0 Å². The monoisotopic (exact) mass is 488 g/mol. The normalized spacial score (nSPS) is 12.5. The number of benzene rings is 1. The zero-order valence-corrected chi connectivity index (χ0v) is 21.5. The molecule has 8 bridgehead atoms. The fourth-order valence-corrected chi connectivity index (χ4v) is 5.06. The summed E-state index contributed by atoms with van der Waals surface area (Å²) in [7, 11) is -4.82. The number of aromatic nitrogens is 4. The van der Waals surface area contributed by atoms with E-state index in [9.17, 15) is 13.0 Å². The van der Waals surface area contributed by atoms with Gasteiger partial charge in [-0.2, -0.15) is 0 Å². The van der Waals surface area contributed by atoms with Crippen molar-refractivity contribution >= 4 is 56.5 Å². The predicted octanol–water partition coefficient (Wildman–Crippen LogP) is 2.23. The molecule has 2 aliphatic rings. The van der Waals surface area contributed by atoms with Crippen molar-refractivity contribution in [1.82, 2.24) is 19.9 Å². The van der Waals surface area contributed by atoms with Crippen molar-refractivity contribution in [3.8, 4) is 11.1 Å². The summed E-state index contributed by atoms with van der Waals surface area (Å²) in [4.78, 5) is 15.3. The van der Waals surface area contributed by atoms with Crippen LogP contribution >= 0.6 is 0 Å². The SMILES string of the molecule is O=S(=O)([O-])c1c(-c2ccccc2)c2cc3nc(cc4ccc(cc5nc(cc1[nH]2)C=C5)[nH]4)C=C3.[Na+]. The summed E-state index contributed by atoms with van der Waals surface area (Å²) in [5.74, 6) is 0. The summed E-state index contributed by atoms with van der Waals surface area (Å²) in [6.45, 7) is 0. The Balaban J connectivity index is 0.00000253. The van der Waals surface area contributed by atoms with Crippen LogP contribution in [0.1, 0.15) is 22.8 Å². The van der Waals surface area contributed by atoms with E-state index < -0.39 is 10.1 Å². The number of hydrogen-bond donors (Lipinski definition) is 2. The summed E-state index contributed by atoms with van der Waals surface area (Å²) in [6, 6.07) is 20.0. The minimum atomic E-state index is -4.82. The standard InChI is InChI=1S/C26H18N4O3S.Na/c31-34(32,33)26-24-15-22-11-9-20(29-22)13-18-7-6-17(27-18)12-19-8-10-21(28-19)14-23(30-24)25(26)16-4-2-1-3-5-16;/h1-15,27,30H,(H,31,32,33);/q;+1/p-1. The van der Waals surface area contributed by atoms with Gasteiger partial charge in [-0.25, -0.2) is 18.4 Å². The molecule has 5 heterocycles. The molecule has 4 aromatic rings. The molecular formula is C26H17N4NaO3S. The molecule has 9 heteroatoms. The summed E-state index contributed by atoms with van der Waals surface area (Å²) in [6.07, 6.45) is 7.33. The van der Waals surface area contributed by atoms with Crippen LogP contribution in [-0.4, -0.2) is 32.9 Å². The van der Waals surface area contributed by atoms with E-state index in [0.717, 1.165) is 16.7 Å². The van der Waals surface area contributed by atoms with Gasteiger partial charge in [0.05, 0.1) is 33.2 Å². The van der Waals surface area contributed by atoms with Crippen LogP contribution in [0.5, 0.6) is 0 Å². The Bertz CT molecular complexity index is 1790. The van der Waals surface area contributed by atoms with Gasteiger partial charge in [0.2, 0.25) is 0 Å². The molecule has 1 aromatic carbocycles. The van der Waals surface area contributed by atoms with Crippen LogP contribution in [0.3, 0.4) is 0 Å². The van der Waals surface area contributed by atoms with Crippen LogP contribution in [0.4, 0.5) is 0 Å². The number of rotatable bonds is 2. The van der Waals surface area contributed by atoms with Crippen LogP contribution < -0.4 is 29.6 Å². The fourth-order valence-electron chi connectivity index (χ4n) is 4.20. The molecule has 0 spiro atoms. The Morgan fingerprint density at radius 3 is 1.71 bits per heavy atom. The third-order valence-corrected chi connectivity index (χ3v) is 6.54. The van der Waals surface area contributed by atoms with Crippen molar-refractivity contribution in [2.45, 2.75) is 4.90 Å². The van der Waals surface area contributed by atoms with Gasteiger partial charge in [-0.3, -0.25) is 0 Å². The number of nitrogens with zero attached hydrogens (tertiary/aromatic N) is 2. The van der Waals surface area contributed by atoms with Crippen LogP contribution in [0.15, 0.2) is 71.6 Å². The fraction of sp³-hybridized carbons (Fsp3) is 0. The molecule has 7 nitrogen and oxygen atoms in total. The molecule has 0 amide bonds. The second-order valence-corrected chi connectivity index (χ2v) is 9.33. The van der Waals surface area contributed by atoms with Crippen LogP contribution in [0.2, 0.25) is 0 Å². The molecule has 2 N–H and O–H groups in total. The van der Waals surface area contributed by atoms with Gasteiger partial charge >= 0.3 is 29.6 Å². The number of nitrogens with one attached hydrogen (secondary N) is 2. The van der Waals surface area contributed by atoms with Gasteiger partial charge in [-0.15, -0.1) is 0 Å². The van der Waals surface area contributed by atoms with E-state index in [1.807, 2.05) is 48.6 Å². The Labute approximate surface area is 223 Å². The molecule has 0 saturated heterocycles. The van der Waals surface area contributed by atoms with E-state index in [1.54, 1.807) is 42.5 Å². The number of aromatic amines is 2. The molecule has 166 valence electrons. The Kier molecular flexibility index (Phi) is 6.08. The molecule has 0 fully saturated rings. The summed E-state index contributed by atoms with van der Waals surface area (Å²) in [5, 5.41) is 0.